The lowest BCUT2D eigenvalue weighted by molar-refractivity contribution is -0.145. The molecule has 2 fully saturated rings. The zero-order chi connectivity index (χ0) is 15.7. The summed E-state index contributed by atoms with van der Waals surface area (Å²) in [6, 6.07) is 0.166. The molecule has 0 spiro atoms. The van der Waals surface area contributed by atoms with Crippen LogP contribution < -0.4 is 0 Å². The van der Waals surface area contributed by atoms with E-state index in [9.17, 15) is 4.79 Å². The predicted octanol–water partition coefficient (Wildman–Crippen LogP) is 1.05. The van der Waals surface area contributed by atoms with E-state index < -0.39 is 0 Å². The summed E-state index contributed by atoms with van der Waals surface area (Å²) in [7, 11) is 2.01. The summed E-state index contributed by atoms with van der Waals surface area (Å²) in [6.45, 7) is 8.31. The number of aromatic nitrogens is 2. The number of piperazine rings is 1. The molecular formula is C16H26N4O2. The van der Waals surface area contributed by atoms with E-state index >= 15 is 0 Å². The van der Waals surface area contributed by atoms with Crippen molar-refractivity contribution in [2.75, 3.05) is 32.8 Å². The van der Waals surface area contributed by atoms with Gasteiger partial charge in [-0.15, -0.1) is 0 Å². The average molecular weight is 306 g/mol. The zero-order valence-corrected chi connectivity index (χ0v) is 13.7. The van der Waals surface area contributed by atoms with Crippen molar-refractivity contribution in [3.63, 3.8) is 0 Å². The average Bonchev–Trinajstić information content (AvgIpc) is 3.14. The number of nitrogens with zero attached hydrogens (tertiary/aromatic N) is 4. The Morgan fingerprint density at radius 1 is 1.45 bits per heavy atom. The highest BCUT2D eigenvalue weighted by Crippen LogP contribution is 2.27. The Hall–Kier alpha value is -1.40. The van der Waals surface area contributed by atoms with Crippen molar-refractivity contribution in [2.45, 2.75) is 32.4 Å². The topological polar surface area (TPSA) is 50.6 Å². The maximum absolute atomic E-state index is 12.8. The van der Waals surface area contributed by atoms with Crippen LogP contribution in [0, 0.1) is 5.92 Å². The molecule has 1 aromatic heterocycles. The molecule has 6 nitrogen and oxygen atoms in total. The molecule has 2 aliphatic heterocycles. The van der Waals surface area contributed by atoms with Crippen LogP contribution in [-0.2, 0) is 16.6 Å². The SMILES string of the molecule is CCN1CCN(C(=O)[C@@H]2OCC[C@H]2C)C[C@@H]1c1nccn1C. The number of carbonyl (C=O) groups is 1. The summed E-state index contributed by atoms with van der Waals surface area (Å²) < 4.78 is 7.71. The largest absolute Gasteiger partial charge is 0.368 e. The summed E-state index contributed by atoms with van der Waals surface area (Å²) in [6.07, 6.45) is 4.52. The summed E-state index contributed by atoms with van der Waals surface area (Å²) in [5.74, 6) is 1.50. The summed E-state index contributed by atoms with van der Waals surface area (Å²) in [5, 5.41) is 0. The zero-order valence-electron chi connectivity index (χ0n) is 13.7. The number of hydrogen-bond acceptors (Lipinski definition) is 4. The van der Waals surface area contributed by atoms with Gasteiger partial charge in [-0.3, -0.25) is 9.69 Å². The molecule has 0 bridgehead atoms. The number of amides is 1. The monoisotopic (exact) mass is 306 g/mol. The van der Waals surface area contributed by atoms with Gasteiger partial charge in [0.25, 0.3) is 5.91 Å². The molecule has 0 unspecified atom stereocenters. The number of imidazole rings is 1. The molecule has 3 rings (SSSR count). The van der Waals surface area contributed by atoms with Gasteiger partial charge in [-0.05, 0) is 18.9 Å². The Balaban J connectivity index is 1.75. The van der Waals surface area contributed by atoms with E-state index in [0.29, 0.717) is 19.1 Å². The smallest absolute Gasteiger partial charge is 0.252 e. The van der Waals surface area contributed by atoms with Crippen LogP contribution in [0.5, 0.6) is 0 Å². The van der Waals surface area contributed by atoms with Gasteiger partial charge in [-0.1, -0.05) is 13.8 Å². The first-order chi connectivity index (χ1) is 10.6. The van der Waals surface area contributed by atoms with Crippen molar-refractivity contribution in [1.82, 2.24) is 19.4 Å². The van der Waals surface area contributed by atoms with Crippen molar-refractivity contribution in [3.05, 3.63) is 18.2 Å². The van der Waals surface area contributed by atoms with Gasteiger partial charge in [0.15, 0.2) is 0 Å². The second-order valence-corrected chi connectivity index (χ2v) is 6.38. The third kappa shape index (κ3) is 2.77. The highest BCUT2D eigenvalue weighted by atomic mass is 16.5. The number of ether oxygens (including phenoxy) is 1. The second-order valence-electron chi connectivity index (χ2n) is 6.38. The summed E-state index contributed by atoms with van der Waals surface area (Å²) in [5.41, 5.74) is 0. The Morgan fingerprint density at radius 3 is 2.86 bits per heavy atom. The molecular weight excluding hydrogens is 280 g/mol. The molecule has 0 N–H and O–H groups in total. The fourth-order valence-electron chi connectivity index (χ4n) is 3.53. The molecule has 6 heteroatoms. The second kappa shape index (κ2) is 6.38. The molecule has 122 valence electrons. The van der Waals surface area contributed by atoms with Crippen LogP contribution in [0.2, 0.25) is 0 Å². The van der Waals surface area contributed by atoms with Gasteiger partial charge in [0.2, 0.25) is 0 Å². The van der Waals surface area contributed by atoms with Gasteiger partial charge in [-0.25, -0.2) is 4.98 Å². The third-order valence-corrected chi connectivity index (χ3v) is 5.00. The highest BCUT2D eigenvalue weighted by molar-refractivity contribution is 5.81. The maximum Gasteiger partial charge on any atom is 0.252 e. The van der Waals surface area contributed by atoms with E-state index in [1.165, 1.54) is 0 Å². The van der Waals surface area contributed by atoms with Crippen LogP contribution in [0.25, 0.3) is 0 Å². The van der Waals surface area contributed by atoms with Crippen LogP contribution in [0.15, 0.2) is 12.4 Å². The van der Waals surface area contributed by atoms with Crippen LogP contribution >= 0.6 is 0 Å². The Bertz CT molecular complexity index is 530. The first kappa shape index (κ1) is 15.5. The Morgan fingerprint density at radius 2 is 2.27 bits per heavy atom. The summed E-state index contributed by atoms with van der Waals surface area (Å²) in [4.78, 5) is 21.6. The standard InChI is InChI=1S/C16H26N4O2/c1-4-19-8-9-20(16(21)14-12(2)5-10-22-14)11-13(19)15-17-6-7-18(15)3/h6-7,12-14H,4-5,8-11H2,1-3H3/t12-,13-,14-/m1/s1. The molecule has 1 amide bonds. The quantitative estimate of drug-likeness (QED) is 0.837. The van der Waals surface area contributed by atoms with Gasteiger partial charge in [0.1, 0.15) is 11.9 Å². The molecule has 2 saturated heterocycles. The van der Waals surface area contributed by atoms with Crippen molar-refractivity contribution in [2.24, 2.45) is 13.0 Å². The number of hydrogen-bond donors (Lipinski definition) is 0. The van der Waals surface area contributed by atoms with Gasteiger partial charge in [0.05, 0.1) is 6.04 Å². The van der Waals surface area contributed by atoms with Crippen LogP contribution in [-0.4, -0.2) is 64.1 Å². The van der Waals surface area contributed by atoms with E-state index in [-0.39, 0.29) is 18.1 Å². The Labute approximate surface area is 132 Å². The van der Waals surface area contributed by atoms with E-state index in [1.54, 1.807) is 0 Å². The molecule has 3 atom stereocenters. The molecule has 22 heavy (non-hydrogen) atoms. The molecule has 2 aliphatic rings. The number of rotatable bonds is 3. The minimum absolute atomic E-state index is 0.153. The van der Waals surface area contributed by atoms with E-state index in [4.69, 9.17) is 4.74 Å². The fraction of sp³-hybridized carbons (Fsp3) is 0.750. The van der Waals surface area contributed by atoms with E-state index in [2.05, 4.69) is 28.3 Å². The van der Waals surface area contributed by atoms with Gasteiger partial charge in [0, 0.05) is 45.7 Å². The molecule has 1 aromatic rings. The third-order valence-electron chi connectivity index (χ3n) is 5.00. The number of aryl methyl sites for hydroxylation is 1. The summed E-state index contributed by atoms with van der Waals surface area (Å²) >= 11 is 0. The fourth-order valence-corrected chi connectivity index (χ4v) is 3.53. The number of carbonyl (C=O) groups excluding carboxylic acids is 1. The predicted molar refractivity (Wildman–Crippen MR) is 83.3 cm³/mol. The lowest BCUT2D eigenvalue weighted by Gasteiger charge is -2.41. The van der Waals surface area contributed by atoms with Crippen molar-refractivity contribution < 1.29 is 9.53 Å². The van der Waals surface area contributed by atoms with Crippen LogP contribution in [0.4, 0.5) is 0 Å². The van der Waals surface area contributed by atoms with Crippen molar-refractivity contribution >= 4 is 5.91 Å². The highest BCUT2D eigenvalue weighted by Gasteiger charge is 2.38. The van der Waals surface area contributed by atoms with Crippen molar-refractivity contribution in [1.29, 1.82) is 0 Å². The van der Waals surface area contributed by atoms with Gasteiger partial charge in [-0.2, -0.15) is 0 Å². The molecule has 0 saturated carbocycles. The molecule has 3 heterocycles. The van der Waals surface area contributed by atoms with Gasteiger partial charge < -0.3 is 14.2 Å². The normalized spacial score (nSPS) is 30.0. The van der Waals surface area contributed by atoms with E-state index in [1.807, 2.05) is 24.3 Å². The van der Waals surface area contributed by atoms with Gasteiger partial charge >= 0.3 is 0 Å². The minimum atomic E-state index is -0.254. The minimum Gasteiger partial charge on any atom is -0.368 e. The lowest BCUT2D eigenvalue weighted by Crippen LogP contribution is -2.53. The first-order valence-corrected chi connectivity index (χ1v) is 8.23. The van der Waals surface area contributed by atoms with Crippen molar-refractivity contribution in [3.8, 4) is 0 Å². The van der Waals surface area contributed by atoms with Crippen LogP contribution in [0.3, 0.4) is 0 Å². The lowest BCUT2D eigenvalue weighted by atomic mass is 10.0. The number of likely N-dealkylation sites (N-methyl/N-ethyl adjacent to an activating group) is 1. The maximum atomic E-state index is 12.8. The first-order valence-electron chi connectivity index (χ1n) is 8.23. The Kier molecular flexibility index (Phi) is 4.49. The van der Waals surface area contributed by atoms with E-state index in [0.717, 1.165) is 31.9 Å². The van der Waals surface area contributed by atoms with Crippen LogP contribution in [0.1, 0.15) is 32.1 Å². The molecule has 0 aliphatic carbocycles. The molecule has 0 radical (unpaired) electrons. The molecule has 0 aromatic carbocycles.